The van der Waals surface area contributed by atoms with Crippen molar-refractivity contribution in [2.24, 2.45) is 11.8 Å². The molecular weight excluding hydrogens is 486 g/mol. The van der Waals surface area contributed by atoms with Crippen LogP contribution in [0.4, 0.5) is 10.6 Å². The number of anilines is 1. The summed E-state index contributed by atoms with van der Waals surface area (Å²) < 4.78 is 5.81. The van der Waals surface area contributed by atoms with Crippen molar-refractivity contribution in [2.45, 2.75) is 44.6 Å². The lowest BCUT2D eigenvalue weighted by atomic mass is 9.82. The van der Waals surface area contributed by atoms with Crippen LogP contribution in [-0.2, 0) is 9.53 Å². The molecule has 1 aliphatic heterocycles. The van der Waals surface area contributed by atoms with Gasteiger partial charge in [-0.1, -0.05) is 18.2 Å². The summed E-state index contributed by atoms with van der Waals surface area (Å²) in [5.41, 5.74) is 1.41. The maximum Gasteiger partial charge on any atom is 0.404 e. The monoisotopic (exact) mass is 525 g/mol. The number of benzene rings is 1. The molecule has 2 aromatic rings. The van der Waals surface area contributed by atoms with Gasteiger partial charge in [0, 0.05) is 45.7 Å². The minimum Gasteiger partial charge on any atom is -0.465 e. The third-order valence-electron chi connectivity index (χ3n) is 7.71. The van der Waals surface area contributed by atoms with Gasteiger partial charge in [-0.15, -0.1) is 0 Å². The molecule has 1 aromatic carbocycles. The third-order valence-corrected chi connectivity index (χ3v) is 7.71. The molecule has 0 atom stereocenters. The average Bonchev–Trinajstić information content (AvgIpc) is 2.93. The molecule has 1 saturated heterocycles. The van der Waals surface area contributed by atoms with E-state index in [0.29, 0.717) is 30.5 Å². The van der Waals surface area contributed by atoms with Crippen LogP contribution in [0.1, 0.15) is 48.9 Å². The first-order valence-electron chi connectivity index (χ1n) is 13.5. The zero-order valence-corrected chi connectivity index (χ0v) is 22.3. The quantitative estimate of drug-likeness (QED) is 0.460. The third kappa shape index (κ3) is 7.34. The Morgan fingerprint density at radius 3 is 2.26 bits per heavy atom. The van der Waals surface area contributed by atoms with Gasteiger partial charge in [0.2, 0.25) is 5.91 Å². The summed E-state index contributed by atoms with van der Waals surface area (Å²) in [5, 5.41) is 15.3. The highest BCUT2D eigenvalue weighted by Gasteiger charge is 2.25. The summed E-state index contributed by atoms with van der Waals surface area (Å²) in [5.74, 6) is 1.41. The molecule has 10 nitrogen and oxygen atoms in total. The van der Waals surface area contributed by atoms with Crippen LogP contribution in [0.5, 0.6) is 0 Å². The van der Waals surface area contributed by atoms with Crippen LogP contribution in [0.15, 0.2) is 30.3 Å². The fourth-order valence-corrected chi connectivity index (χ4v) is 5.28. The number of nitrogens with one attached hydrogen (secondary N) is 2. The number of piperidine rings is 1. The zero-order chi connectivity index (χ0) is 27.1. The van der Waals surface area contributed by atoms with Gasteiger partial charge in [0.25, 0.3) is 5.91 Å². The van der Waals surface area contributed by atoms with E-state index in [0.717, 1.165) is 68.3 Å². The van der Waals surface area contributed by atoms with E-state index in [2.05, 4.69) is 15.5 Å². The van der Waals surface area contributed by atoms with Crippen molar-refractivity contribution in [1.82, 2.24) is 20.5 Å². The maximum atomic E-state index is 13.3. The number of carbonyl (C=O) groups excluding carboxylic acids is 2. The Bertz CT molecular complexity index is 1120. The van der Waals surface area contributed by atoms with Crippen molar-refractivity contribution in [3.63, 3.8) is 0 Å². The Balaban J connectivity index is 1.35. The van der Waals surface area contributed by atoms with Crippen LogP contribution in [0, 0.1) is 11.8 Å². The molecule has 2 aliphatic rings. The molecule has 1 aromatic heterocycles. The molecule has 1 saturated carbocycles. The molecule has 206 valence electrons. The lowest BCUT2D eigenvalue weighted by Crippen LogP contribution is -2.39. The Hall–Kier alpha value is -3.40. The second-order valence-corrected chi connectivity index (χ2v) is 10.6. The van der Waals surface area contributed by atoms with Gasteiger partial charge in [-0.05, 0) is 62.5 Å². The van der Waals surface area contributed by atoms with Gasteiger partial charge in [-0.3, -0.25) is 9.59 Å². The van der Waals surface area contributed by atoms with Gasteiger partial charge < -0.3 is 30.3 Å². The fourth-order valence-electron chi connectivity index (χ4n) is 5.28. The predicted octanol–water partition coefficient (Wildman–Crippen LogP) is 3.11. The molecule has 0 radical (unpaired) electrons. The second kappa shape index (κ2) is 12.9. The number of fused-ring (bicyclic) bond motifs is 1. The fraction of sp³-hybridized carbons (Fsp3) is 0.571. The van der Waals surface area contributed by atoms with Crippen molar-refractivity contribution in [1.29, 1.82) is 0 Å². The Labute approximate surface area is 223 Å². The summed E-state index contributed by atoms with van der Waals surface area (Å²) in [6.45, 7) is 2.69. The number of carbonyl (C=O) groups is 3. The van der Waals surface area contributed by atoms with Crippen molar-refractivity contribution >= 4 is 34.6 Å². The normalized spacial score (nSPS) is 20.2. The zero-order valence-electron chi connectivity index (χ0n) is 22.3. The highest BCUT2D eigenvalue weighted by Crippen LogP contribution is 2.29. The van der Waals surface area contributed by atoms with E-state index < -0.39 is 6.09 Å². The molecule has 2 fully saturated rings. The number of para-hydroxylation sites is 1. The molecule has 2 heterocycles. The Kier molecular flexibility index (Phi) is 9.38. The minimum absolute atomic E-state index is 0.0355. The first kappa shape index (κ1) is 27.6. The molecule has 10 heteroatoms. The molecular formula is C28H39N5O5. The van der Waals surface area contributed by atoms with Gasteiger partial charge in [-0.2, -0.15) is 0 Å². The van der Waals surface area contributed by atoms with Crippen LogP contribution in [0.3, 0.4) is 0 Å². The standard InChI is InChI=1S/C28H39N5O5/c1-32(2)26(34)18-38-21-11-13-33(14-12-21)25-15-23(22-5-3-4-6-24(22)31-25)27(35)29-16-19-7-9-20(10-8-19)17-30-28(36)37/h3-6,15,19-21,30H,7-14,16-18H2,1-2H3,(H,29,35)(H,36,37)/t19-,20-. The van der Waals surface area contributed by atoms with Gasteiger partial charge in [0.15, 0.2) is 0 Å². The number of pyridine rings is 1. The molecule has 4 rings (SSSR count). The van der Waals surface area contributed by atoms with Crippen LogP contribution >= 0.6 is 0 Å². The largest absolute Gasteiger partial charge is 0.465 e. The number of hydrogen-bond acceptors (Lipinski definition) is 6. The van der Waals surface area contributed by atoms with Crippen LogP contribution in [-0.4, -0.2) is 85.9 Å². The number of hydrogen-bond donors (Lipinski definition) is 3. The van der Waals surface area contributed by atoms with Gasteiger partial charge in [-0.25, -0.2) is 9.78 Å². The lowest BCUT2D eigenvalue weighted by Gasteiger charge is -2.33. The minimum atomic E-state index is -0.975. The van der Waals surface area contributed by atoms with Crippen LogP contribution < -0.4 is 15.5 Å². The van der Waals surface area contributed by atoms with Crippen LogP contribution in [0.2, 0.25) is 0 Å². The highest BCUT2D eigenvalue weighted by atomic mass is 16.5. The molecule has 0 spiro atoms. The molecule has 0 bridgehead atoms. The van der Waals surface area contributed by atoms with Gasteiger partial charge in [0.1, 0.15) is 12.4 Å². The second-order valence-electron chi connectivity index (χ2n) is 10.6. The smallest absolute Gasteiger partial charge is 0.404 e. The van der Waals surface area contributed by atoms with E-state index in [1.807, 2.05) is 30.3 Å². The number of ether oxygens (including phenoxy) is 1. The lowest BCUT2D eigenvalue weighted by molar-refractivity contribution is -0.136. The molecule has 38 heavy (non-hydrogen) atoms. The van der Waals surface area contributed by atoms with Gasteiger partial charge >= 0.3 is 6.09 Å². The number of carboxylic acid groups (broad SMARTS) is 1. The number of rotatable bonds is 9. The molecule has 1 aliphatic carbocycles. The Morgan fingerprint density at radius 2 is 1.63 bits per heavy atom. The molecule has 0 unspecified atom stereocenters. The van der Waals surface area contributed by atoms with E-state index in [1.54, 1.807) is 14.1 Å². The first-order valence-corrected chi connectivity index (χ1v) is 13.5. The van der Waals surface area contributed by atoms with Crippen molar-refractivity contribution in [3.8, 4) is 0 Å². The maximum absolute atomic E-state index is 13.3. The predicted molar refractivity (Wildman–Crippen MR) is 145 cm³/mol. The summed E-state index contributed by atoms with van der Waals surface area (Å²) in [4.78, 5) is 44.5. The highest BCUT2D eigenvalue weighted by molar-refractivity contribution is 6.07. The van der Waals surface area contributed by atoms with E-state index in [9.17, 15) is 14.4 Å². The number of nitrogens with zero attached hydrogens (tertiary/aromatic N) is 3. The first-order chi connectivity index (χ1) is 18.3. The average molecular weight is 526 g/mol. The number of likely N-dealkylation sites (N-methyl/N-ethyl adjacent to an activating group) is 1. The van der Waals surface area contributed by atoms with E-state index in [1.165, 1.54) is 4.90 Å². The van der Waals surface area contributed by atoms with Crippen LogP contribution in [0.25, 0.3) is 10.9 Å². The number of amides is 3. The molecule has 3 N–H and O–H groups in total. The van der Waals surface area contributed by atoms with E-state index in [4.69, 9.17) is 14.8 Å². The van der Waals surface area contributed by atoms with Crippen molar-refractivity contribution < 1.29 is 24.2 Å². The summed E-state index contributed by atoms with van der Waals surface area (Å²) in [7, 11) is 3.45. The van der Waals surface area contributed by atoms with Crippen molar-refractivity contribution in [2.75, 3.05) is 51.8 Å². The number of aromatic nitrogens is 1. The topological polar surface area (TPSA) is 124 Å². The Morgan fingerprint density at radius 1 is 1.00 bits per heavy atom. The SMILES string of the molecule is CN(C)C(=O)COC1CCN(c2cc(C(=O)NC[C@H]3CC[C@H](CNC(=O)O)CC3)c3ccccc3n2)CC1. The van der Waals surface area contributed by atoms with E-state index >= 15 is 0 Å². The summed E-state index contributed by atoms with van der Waals surface area (Å²) in [6, 6.07) is 9.61. The van der Waals surface area contributed by atoms with Crippen molar-refractivity contribution in [3.05, 3.63) is 35.9 Å². The summed E-state index contributed by atoms with van der Waals surface area (Å²) >= 11 is 0. The van der Waals surface area contributed by atoms with Gasteiger partial charge in [0.05, 0.1) is 17.2 Å². The molecule has 3 amide bonds. The van der Waals surface area contributed by atoms with E-state index in [-0.39, 0.29) is 24.5 Å². The summed E-state index contributed by atoms with van der Waals surface area (Å²) in [6.07, 6.45) is 4.53.